The van der Waals surface area contributed by atoms with Crippen molar-refractivity contribution >= 4 is 17.2 Å². The molecule has 1 atom stereocenters. The maximum absolute atomic E-state index is 13.4. The van der Waals surface area contributed by atoms with E-state index in [1.165, 1.54) is 28.9 Å². The summed E-state index contributed by atoms with van der Waals surface area (Å²) in [4.78, 5) is 37.4. The fourth-order valence-electron chi connectivity index (χ4n) is 3.74. The molecule has 0 aliphatic heterocycles. The predicted molar refractivity (Wildman–Crippen MR) is 126 cm³/mol. The quantitative estimate of drug-likeness (QED) is 0.259. The zero-order chi connectivity index (χ0) is 23.5. The van der Waals surface area contributed by atoms with Crippen LogP contribution in [0.1, 0.15) is 27.7 Å². The Balaban J connectivity index is 1.80. The van der Waals surface area contributed by atoms with Crippen LogP contribution < -0.4 is 10.9 Å². The van der Waals surface area contributed by atoms with Gasteiger partial charge in [-0.1, -0.05) is 48.5 Å². The number of benzene rings is 3. The van der Waals surface area contributed by atoms with Gasteiger partial charge in [0.2, 0.25) is 0 Å². The Bertz CT molecular complexity index is 1360. The van der Waals surface area contributed by atoms with Gasteiger partial charge in [-0.3, -0.25) is 24.4 Å². The monoisotopic (exact) mass is 442 g/mol. The van der Waals surface area contributed by atoms with Gasteiger partial charge in [0.25, 0.3) is 11.2 Å². The van der Waals surface area contributed by atoms with Gasteiger partial charge in [0.15, 0.2) is 5.78 Å². The Morgan fingerprint density at radius 3 is 2.09 bits per heavy atom. The average molecular weight is 442 g/mol. The lowest BCUT2D eigenvalue weighted by molar-refractivity contribution is -0.384. The number of nitro benzene ring substituents is 1. The number of aromatic nitrogens is 2. The first-order valence-corrected chi connectivity index (χ1v) is 10.3. The van der Waals surface area contributed by atoms with Crippen LogP contribution in [0.15, 0.2) is 89.7 Å². The van der Waals surface area contributed by atoms with Crippen molar-refractivity contribution in [2.45, 2.75) is 13.0 Å². The van der Waals surface area contributed by atoms with Gasteiger partial charge in [-0.25, -0.2) is 4.68 Å². The number of hydrogen-bond donors (Lipinski definition) is 1. The average Bonchev–Trinajstić information content (AvgIpc) is 3.05. The third-order valence-electron chi connectivity index (χ3n) is 5.60. The number of rotatable bonds is 7. The molecule has 1 heterocycles. The zero-order valence-electron chi connectivity index (χ0n) is 18.1. The normalized spacial score (nSPS) is 11.7. The van der Waals surface area contributed by atoms with Crippen LogP contribution >= 0.6 is 0 Å². The molecule has 0 radical (unpaired) electrons. The fraction of sp³-hybridized carbons (Fsp3) is 0.120. The molecule has 4 rings (SSSR count). The van der Waals surface area contributed by atoms with E-state index < -0.39 is 11.0 Å². The minimum absolute atomic E-state index is 0.0769. The number of nitrogens with one attached hydrogen (secondary N) is 1. The molecule has 1 N–H and O–H groups in total. The second-order valence-corrected chi connectivity index (χ2v) is 7.59. The molecule has 166 valence electrons. The SMILES string of the molecule is Cc1c(N[C@@H](C(=O)c2ccccc2)c2ccc([N+](=O)[O-])cc2)c(=O)n(-c2ccccc2)n1C. The van der Waals surface area contributed by atoms with Gasteiger partial charge in [0.1, 0.15) is 11.7 Å². The fourth-order valence-corrected chi connectivity index (χ4v) is 3.74. The minimum Gasteiger partial charge on any atom is -0.365 e. The highest BCUT2D eigenvalue weighted by Crippen LogP contribution is 2.26. The van der Waals surface area contributed by atoms with Crippen molar-refractivity contribution in [2.75, 3.05) is 5.32 Å². The van der Waals surface area contributed by atoms with Crippen molar-refractivity contribution in [3.05, 3.63) is 122 Å². The van der Waals surface area contributed by atoms with Crippen LogP contribution in [-0.4, -0.2) is 20.1 Å². The number of anilines is 1. The van der Waals surface area contributed by atoms with Gasteiger partial charge in [-0.15, -0.1) is 0 Å². The molecule has 33 heavy (non-hydrogen) atoms. The number of nitrogens with zero attached hydrogens (tertiary/aromatic N) is 3. The standard InChI is InChI=1S/C25H22N4O4/c1-17-22(25(31)28(27(17)2)20-11-7-4-8-12-20)26-23(24(30)19-9-5-3-6-10-19)18-13-15-21(16-14-18)29(32)33/h3-16,23,26H,1-2H3/t23-/m1/s1. The van der Waals surface area contributed by atoms with Crippen LogP contribution in [0.2, 0.25) is 0 Å². The second-order valence-electron chi connectivity index (χ2n) is 7.59. The summed E-state index contributed by atoms with van der Waals surface area (Å²) in [6.45, 7) is 1.79. The highest BCUT2D eigenvalue weighted by Gasteiger charge is 2.26. The Kier molecular flexibility index (Phi) is 5.91. The maximum atomic E-state index is 13.4. The van der Waals surface area contributed by atoms with Crippen LogP contribution in [0.4, 0.5) is 11.4 Å². The van der Waals surface area contributed by atoms with E-state index in [9.17, 15) is 19.7 Å². The molecule has 0 saturated carbocycles. The lowest BCUT2D eigenvalue weighted by Crippen LogP contribution is -2.26. The third kappa shape index (κ3) is 4.18. The molecule has 0 bridgehead atoms. The molecule has 0 saturated heterocycles. The Hall–Kier alpha value is -4.46. The highest BCUT2D eigenvalue weighted by atomic mass is 16.6. The number of carbonyl (C=O) groups is 1. The topological polar surface area (TPSA) is 99.2 Å². The first-order chi connectivity index (χ1) is 15.9. The van der Waals surface area contributed by atoms with Crippen molar-refractivity contribution < 1.29 is 9.72 Å². The van der Waals surface area contributed by atoms with Crippen LogP contribution in [0.25, 0.3) is 5.69 Å². The molecule has 4 aromatic rings. The van der Waals surface area contributed by atoms with Crippen LogP contribution in [0, 0.1) is 17.0 Å². The van der Waals surface area contributed by atoms with Crippen molar-refractivity contribution in [3.8, 4) is 5.69 Å². The van der Waals surface area contributed by atoms with Gasteiger partial charge in [0.05, 0.1) is 16.3 Å². The van der Waals surface area contributed by atoms with Crippen molar-refractivity contribution in [1.82, 2.24) is 9.36 Å². The van der Waals surface area contributed by atoms with Gasteiger partial charge < -0.3 is 5.32 Å². The van der Waals surface area contributed by atoms with Gasteiger partial charge in [-0.2, -0.15) is 0 Å². The van der Waals surface area contributed by atoms with Gasteiger partial charge in [-0.05, 0) is 36.8 Å². The first kappa shape index (κ1) is 21.8. The van der Waals surface area contributed by atoms with E-state index in [-0.39, 0.29) is 22.7 Å². The van der Waals surface area contributed by atoms with E-state index in [0.717, 1.165) is 0 Å². The summed E-state index contributed by atoms with van der Waals surface area (Å²) in [5, 5.41) is 14.2. The van der Waals surface area contributed by atoms with E-state index in [4.69, 9.17) is 0 Å². The predicted octanol–water partition coefficient (Wildman–Crippen LogP) is 4.43. The van der Waals surface area contributed by atoms with E-state index in [2.05, 4.69) is 5.32 Å². The summed E-state index contributed by atoms with van der Waals surface area (Å²) in [7, 11) is 1.77. The van der Waals surface area contributed by atoms with Crippen molar-refractivity contribution in [2.24, 2.45) is 7.05 Å². The first-order valence-electron chi connectivity index (χ1n) is 10.3. The summed E-state index contributed by atoms with van der Waals surface area (Å²) in [6.07, 6.45) is 0. The van der Waals surface area contributed by atoms with Crippen LogP contribution in [-0.2, 0) is 7.05 Å². The lowest BCUT2D eigenvalue weighted by Gasteiger charge is -2.19. The number of non-ortho nitro benzene ring substituents is 1. The summed E-state index contributed by atoms with van der Waals surface area (Å²) in [5.74, 6) is -0.252. The molecular formula is C25H22N4O4. The molecule has 0 aliphatic rings. The molecule has 8 nitrogen and oxygen atoms in total. The van der Waals surface area contributed by atoms with E-state index in [1.54, 1.807) is 42.9 Å². The molecule has 8 heteroatoms. The van der Waals surface area contributed by atoms with E-state index in [1.807, 2.05) is 36.4 Å². The summed E-state index contributed by atoms with van der Waals surface area (Å²) < 4.78 is 3.25. The zero-order valence-corrected chi connectivity index (χ0v) is 18.1. The Morgan fingerprint density at radius 1 is 0.939 bits per heavy atom. The minimum atomic E-state index is -0.911. The lowest BCUT2D eigenvalue weighted by atomic mass is 9.97. The smallest absolute Gasteiger partial charge is 0.295 e. The Morgan fingerprint density at radius 2 is 1.52 bits per heavy atom. The molecule has 0 unspecified atom stereocenters. The maximum Gasteiger partial charge on any atom is 0.295 e. The molecule has 0 spiro atoms. The highest BCUT2D eigenvalue weighted by molar-refractivity contribution is 6.02. The summed E-state index contributed by atoms with van der Waals surface area (Å²) in [6, 6.07) is 22.8. The van der Waals surface area contributed by atoms with Crippen molar-refractivity contribution in [1.29, 1.82) is 0 Å². The number of nitro groups is 1. The molecular weight excluding hydrogens is 420 g/mol. The van der Waals surface area contributed by atoms with Gasteiger partial charge in [0, 0.05) is 24.7 Å². The molecule has 3 aromatic carbocycles. The number of carbonyl (C=O) groups excluding carboxylic acids is 1. The molecule has 0 amide bonds. The number of Topliss-reactive ketones (excluding diaryl/α,β-unsaturated/α-hetero) is 1. The third-order valence-corrected chi connectivity index (χ3v) is 5.60. The number of ketones is 1. The van der Waals surface area contributed by atoms with E-state index >= 15 is 0 Å². The van der Waals surface area contributed by atoms with E-state index in [0.29, 0.717) is 22.5 Å². The molecule has 0 fully saturated rings. The summed E-state index contributed by atoms with van der Waals surface area (Å²) in [5.41, 5.74) is 2.24. The molecule has 0 aliphatic carbocycles. The van der Waals surface area contributed by atoms with Crippen LogP contribution in [0.5, 0.6) is 0 Å². The number of hydrogen-bond acceptors (Lipinski definition) is 5. The number of para-hydroxylation sites is 1. The Labute approximate surface area is 189 Å². The molecule has 1 aromatic heterocycles. The largest absolute Gasteiger partial charge is 0.365 e. The summed E-state index contributed by atoms with van der Waals surface area (Å²) >= 11 is 0. The van der Waals surface area contributed by atoms with Gasteiger partial charge >= 0.3 is 0 Å². The van der Waals surface area contributed by atoms with Crippen molar-refractivity contribution in [3.63, 3.8) is 0 Å². The van der Waals surface area contributed by atoms with Crippen LogP contribution in [0.3, 0.4) is 0 Å². The second kappa shape index (κ2) is 8.96.